The summed E-state index contributed by atoms with van der Waals surface area (Å²) in [6.07, 6.45) is 12.7. The van der Waals surface area contributed by atoms with Gasteiger partial charge < -0.3 is 9.88 Å². The monoisotopic (exact) mass is 233 g/mol. The van der Waals surface area contributed by atoms with Crippen LogP contribution < -0.4 is 5.32 Å². The Balaban J connectivity index is 1.52. The summed E-state index contributed by atoms with van der Waals surface area (Å²) >= 11 is 0. The van der Waals surface area contributed by atoms with Gasteiger partial charge in [-0.15, -0.1) is 0 Å². The number of aryl methyl sites for hydroxylation is 1. The molecule has 0 amide bonds. The minimum atomic E-state index is 0.786. The molecule has 0 bridgehead atoms. The van der Waals surface area contributed by atoms with E-state index in [0.29, 0.717) is 0 Å². The maximum absolute atomic E-state index is 4.54. The molecule has 17 heavy (non-hydrogen) atoms. The van der Waals surface area contributed by atoms with Gasteiger partial charge in [0.2, 0.25) is 0 Å². The molecule has 0 aliphatic heterocycles. The van der Waals surface area contributed by atoms with E-state index in [0.717, 1.165) is 19.1 Å². The molecule has 1 aromatic rings. The van der Waals surface area contributed by atoms with Crippen LogP contribution in [0.1, 0.15) is 49.9 Å². The van der Waals surface area contributed by atoms with Crippen LogP contribution in [0.3, 0.4) is 0 Å². The lowest BCUT2D eigenvalue weighted by Gasteiger charge is -2.16. The quantitative estimate of drug-likeness (QED) is 0.864. The molecule has 0 spiro atoms. The highest BCUT2D eigenvalue weighted by Gasteiger charge is 2.16. The lowest BCUT2D eigenvalue weighted by Crippen LogP contribution is -2.29. The van der Waals surface area contributed by atoms with Crippen molar-refractivity contribution in [2.45, 2.75) is 64.0 Å². The average molecular weight is 233 g/mol. The second-order valence-electron chi connectivity index (χ2n) is 5.47. The van der Waals surface area contributed by atoms with Crippen LogP contribution in [0.2, 0.25) is 0 Å². The number of nitrogens with one attached hydrogen (secondary N) is 1. The lowest BCUT2D eigenvalue weighted by molar-refractivity contribution is 0.488. The Bertz CT molecular complexity index is 364. The molecule has 1 aromatic heterocycles. The first-order valence-electron chi connectivity index (χ1n) is 7.20. The summed E-state index contributed by atoms with van der Waals surface area (Å²) < 4.78 is 2.37. The topological polar surface area (TPSA) is 29.9 Å². The average Bonchev–Trinajstić information content (AvgIpc) is 2.99. The predicted octanol–water partition coefficient (Wildman–Crippen LogP) is 2.29. The molecule has 1 heterocycles. The van der Waals surface area contributed by atoms with Gasteiger partial charge in [0.25, 0.3) is 0 Å². The van der Waals surface area contributed by atoms with Gasteiger partial charge in [-0.05, 0) is 38.5 Å². The highest BCUT2D eigenvalue weighted by Crippen LogP contribution is 2.20. The SMILES string of the molecule is c1nc2c(n1CCNC1CCCC1)CCCC2. The van der Waals surface area contributed by atoms with Crippen LogP contribution in [0, 0.1) is 0 Å². The number of nitrogens with zero attached hydrogens (tertiary/aromatic N) is 2. The molecule has 0 radical (unpaired) electrons. The molecule has 1 N–H and O–H groups in total. The molecule has 2 aliphatic carbocycles. The summed E-state index contributed by atoms with van der Waals surface area (Å²) in [5.41, 5.74) is 2.86. The molecule has 0 atom stereocenters. The Hall–Kier alpha value is -0.830. The molecule has 94 valence electrons. The zero-order valence-electron chi connectivity index (χ0n) is 10.6. The van der Waals surface area contributed by atoms with E-state index in [9.17, 15) is 0 Å². The van der Waals surface area contributed by atoms with Crippen molar-refractivity contribution < 1.29 is 0 Å². The third-order valence-corrected chi connectivity index (χ3v) is 4.25. The normalized spacial score (nSPS) is 20.7. The van der Waals surface area contributed by atoms with Gasteiger partial charge in [0.15, 0.2) is 0 Å². The maximum atomic E-state index is 4.54. The number of rotatable bonds is 4. The molecule has 1 saturated carbocycles. The standard InChI is InChI=1S/C14H23N3/c1-2-6-12(5-1)15-9-10-17-11-16-13-7-3-4-8-14(13)17/h11-12,15H,1-10H2. The fraction of sp³-hybridized carbons (Fsp3) is 0.786. The van der Waals surface area contributed by atoms with Crippen molar-refractivity contribution in [2.75, 3.05) is 6.54 Å². The highest BCUT2D eigenvalue weighted by atomic mass is 15.1. The number of imidazole rings is 1. The van der Waals surface area contributed by atoms with Crippen LogP contribution in [0.15, 0.2) is 6.33 Å². The van der Waals surface area contributed by atoms with E-state index in [1.54, 1.807) is 0 Å². The number of fused-ring (bicyclic) bond motifs is 1. The second-order valence-corrected chi connectivity index (χ2v) is 5.47. The van der Waals surface area contributed by atoms with Gasteiger partial charge in [0.1, 0.15) is 0 Å². The van der Waals surface area contributed by atoms with Gasteiger partial charge in [-0.25, -0.2) is 4.98 Å². The van der Waals surface area contributed by atoms with Crippen LogP contribution in [0.5, 0.6) is 0 Å². The Morgan fingerprint density at radius 1 is 1.18 bits per heavy atom. The van der Waals surface area contributed by atoms with E-state index in [1.165, 1.54) is 62.8 Å². The second kappa shape index (κ2) is 5.21. The van der Waals surface area contributed by atoms with Crippen molar-refractivity contribution in [1.82, 2.24) is 14.9 Å². The predicted molar refractivity (Wildman–Crippen MR) is 69.1 cm³/mol. The summed E-state index contributed by atoms with van der Waals surface area (Å²) in [6, 6.07) is 0.786. The number of aromatic nitrogens is 2. The van der Waals surface area contributed by atoms with Gasteiger partial charge in [0, 0.05) is 24.8 Å². The first-order chi connectivity index (χ1) is 8.43. The zero-order valence-corrected chi connectivity index (χ0v) is 10.6. The van der Waals surface area contributed by atoms with Gasteiger partial charge in [-0.2, -0.15) is 0 Å². The van der Waals surface area contributed by atoms with Crippen LogP contribution in [0.4, 0.5) is 0 Å². The van der Waals surface area contributed by atoms with Crippen molar-refractivity contribution in [3.63, 3.8) is 0 Å². The molecule has 0 unspecified atom stereocenters. The van der Waals surface area contributed by atoms with Crippen molar-refractivity contribution in [3.8, 4) is 0 Å². The molecule has 0 saturated heterocycles. The van der Waals surface area contributed by atoms with Crippen LogP contribution in [0.25, 0.3) is 0 Å². The van der Waals surface area contributed by atoms with E-state index in [1.807, 2.05) is 6.33 Å². The summed E-state index contributed by atoms with van der Waals surface area (Å²) in [5, 5.41) is 3.68. The van der Waals surface area contributed by atoms with Crippen LogP contribution in [-0.2, 0) is 19.4 Å². The van der Waals surface area contributed by atoms with Gasteiger partial charge in [-0.3, -0.25) is 0 Å². The van der Waals surface area contributed by atoms with Crippen LogP contribution >= 0.6 is 0 Å². The Morgan fingerprint density at radius 3 is 2.88 bits per heavy atom. The van der Waals surface area contributed by atoms with E-state index in [4.69, 9.17) is 0 Å². The summed E-state index contributed by atoms with van der Waals surface area (Å²) in [4.78, 5) is 4.54. The molecule has 1 fully saturated rings. The maximum Gasteiger partial charge on any atom is 0.0952 e. The largest absolute Gasteiger partial charge is 0.333 e. The fourth-order valence-corrected chi connectivity index (χ4v) is 3.24. The van der Waals surface area contributed by atoms with E-state index in [-0.39, 0.29) is 0 Å². The molecule has 2 aliphatic rings. The molecule has 3 rings (SSSR count). The first-order valence-corrected chi connectivity index (χ1v) is 7.20. The van der Waals surface area contributed by atoms with E-state index in [2.05, 4.69) is 14.9 Å². The Morgan fingerprint density at radius 2 is 2.00 bits per heavy atom. The lowest BCUT2D eigenvalue weighted by atomic mass is 10.0. The minimum absolute atomic E-state index is 0.786. The summed E-state index contributed by atoms with van der Waals surface area (Å²) in [5.74, 6) is 0. The van der Waals surface area contributed by atoms with Crippen molar-refractivity contribution >= 4 is 0 Å². The Kier molecular flexibility index (Phi) is 3.46. The van der Waals surface area contributed by atoms with Gasteiger partial charge in [0.05, 0.1) is 12.0 Å². The van der Waals surface area contributed by atoms with Gasteiger partial charge in [-0.1, -0.05) is 12.8 Å². The molecular weight excluding hydrogens is 210 g/mol. The molecular formula is C14H23N3. The van der Waals surface area contributed by atoms with Crippen molar-refractivity contribution in [1.29, 1.82) is 0 Å². The molecule has 3 heteroatoms. The molecule has 3 nitrogen and oxygen atoms in total. The number of hydrogen-bond acceptors (Lipinski definition) is 2. The third-order valence-electron chi connectivity index (χ3n) is 4.25. The summed E-state index contributed by atoms with van der Waals surface area (Å²) in [7, 11) is 0. The zero-order chi connectivity index (χ0) is 11.5. The Labute approximate surface area is 104 Å². The van der Waals surface area contributed by atoms with Gasteiger partial charge >= 0.3 is 0 Å². The molecule has 0 aromatic carbocycles. The fourth-order valence-electron chi connectivity index (χ4n) is 3.24. The third kappa shape index (κ3) is 2.54. The minimum Gasteiger partial charge on any atom is -0.333 e. The summed E-state index contributed by atoms with van der Waals surface area (Å²) in [6.45, 7) is 2.20. The first kappa shape index (κ1) is 11.3. The highest BCUT2D eigenvalue weighted by molar-refractivity contribution is 5.16. The van der Waals surface area contributed by atoms with Crippen LogP contribution in [-0.4, -0.2) is 22.1 Å². The number of hydrogen-bond donors (Lipinski definition) is 1. The van der Waals surface area contributed by atoms with Crippen molar-refractivity contribution in [2.24, 2.45) is 0 Å². The van der Waals surface area contributed by atoms with E-state index >= 15 is 0 Å². The van der Waals surface area contributed by atoms with E-state index < -0.39 is 0 Å². The van der Waals surface area contributed by atoms with Crippen molar-refractivity contribution in [3.05, 3.63) is 17.7 Å². The smallest absolute Gasteiger partial charge is 0.0952 e.